The van der Waals surface area contributed by atoms with Crippen molar-refractivity contribution in [3.8, 4) is 5.75 Å². The van der Waals surface area contributed by atoms with E-state index >= 15 is 0 Å². The molecular formula is C19H22N2O3. The van der Waals surface area contributed by atoms with Gasteiger partial charge in [-0.1, -0.05) is 36.4 Å². The van der Waals surface area contributed by atoms with Crippen molar-refractivity contribution in [2.24, 2.45) is 5.73 Å². The second-order valence-electron chi connectivity index (χ2n) is 5.78. The molecule has 24 heavy (non-hydrogen) atoms. The minimum Gasteiger partial charge on any atom is -0.489 e. The van der Waals surface area contributed by atoms with Crippen molar-refractivity contribution in [1.82, 2.24) is 4.90 Å². The van der Waals surface area contributed by atoms with Crippen molar-refractivity contribution in [1.29, 1.82) is 0 Å². The number of morpholine rings is 1. The molecule has 0 aliphatic carbocycles. The Balaban J connectivity index is 1.65. The van der Waals surface area contributed by atoms with Crippen LogP contribution in [0.25, 0.3) is 0 Å². The van der Waals surface area contributed by atoms with Gasteiger partial charge in [-0.2, -0.15) is 0 Å². The third-order valence-corrected chi connectivity index (χ3v) is 4.02. The predicted octanol–water partition coefficient (Wildman–Crippen LogP) is 2.07. The Kier molecular flexibility index (Phi) is 5.46. The highest BCUT2D eigenvalue weighted by molar-refractivity contribution is 5.94. The van der Waals surface area contributed by atoms with Crippen LogP contribution in [-0.2, 0) is 11.3 Å². The van der Waals surface area contributed by atoms with Gasteiger partial charge in [-0.05, 0) is 23.8 Å². The number of carbonyl (C=O) groups excluding carboxylic acids is 1. The third-order valence-electron chi connectivity index (χ3n) is 4.02. The molecule has 126 valence electrons. The Morgan fingerprint density at radius 1 is 1.21 bits per heavy atom. The van der Waals surface area contributed by atoms with Gasteiger partial charge in [-0.25, -0.2) is 0 Å². The van der Waals surface area contributed by atoms with E-state index in [9.17, 15) is 4.79 Å². The smallest absolute Gasteiger partial charge is 0.254 e. The largest absolute Gasteiger partial charge is 0.489 e. The summed E-state index contributed by atoms with van der Waals surface area (Å²) in [5.74, 6) is 0.676. The van der Waals surface area contributed by atoms with Crippen LogP contribution in [0.2, 0.25) is 0 Å². The highest BCUT2D eigenvalue weighted by Crippen LogP contribution is 2.18. The lowest BCUT2D eigenvalue weighted by Gasteiger charge is -2.32. The van der Waals surface area contributed by atoms with Crippen LogP contribution in [-0.4, -0.2) is 43.2 Å². The van der Waals surface area contributed by atoms with Crippen molar-refractivity contribution in [2.75, 3.05) is 26.2 Å². The van der Waals surface area contributed by atoms with Gasteiger partial charge in [0.05, 0.1) is 12.7 Å². The Hall–Kier alpha value is -2.37. The van der Waals surface area contributed by atoms with E-state index in [2.05, 4.69) is 0 Å². The Labute approximate surface area is 142 Å². The van der Waals surface area contributed by atoms with Crippen LogP contribution in [0.3, 0.4) is 0 Å². The van der Waals surface area contributed by atoms with Gasteiger partial charge in [0.25, 0.3) is 5.91 Å². The number of hydrogen-bond donors (Lipinski definition) is 1. The zero-order chi connectivity index (χ0) is 16.8. The molecule has 0 aromatic heterocycles. The molecule has 0 saturated carbocycles. The number of amides is 1. The van der Waals surface area contributed by atoms with E-state index in [1.807, 2.05) is 48.5 Å². The van der Waals surface area contributed by atoms with Gasteiger partial charge in [0, 0.05) is 25.2 Å². The summed E-state index contributed by atoms with van der Waals surface area (Å²) in [5, 5.41) is 0. The number of hydrogen-bond acceptors (Lipinski definition) is 4. The molecule has 1 fully saturated rings. The lowest BCUT2D eigenvalue weighted by Crippen LogP contribution is -2.48. The van der Waals surface area contributed by atoms with Crippen LogP contribution in [0.1, 0.15) is 15.9 Å². The van der Waals surface area contributed by atoms with E-state index < -0.39 is 0 Å². The minimum atomic E-state index is -0.0831. The molecule has 2 N–H and O–H groups in total. The first-order valence-electron chi connectivity index (χ1n) is 8.14. The zero-order valence-electron chi connectivity index (χ0n) is 13.6. The van der Waals surface area contributed by atoms with E-state index in [0.717, 1.165) is 5.56 Å². The molecule has 2 aromatic rings. The SMILES string of the molecule is NCC1CN(C(=O)c2cccc(OCc3ccccc3)c2)CCO1. The normalized spacial score (nSPS) is 17.5. The zero-order valence-corrected chi connectivity index (χ0v) is 13.6. The quantitative estimate of drug-likeness (QED) is 0.913. The molecule has 0 bridgehead atoms. The summed E-state index contributed by atoms with van der Waals surface area (Å²) >= 11 is 0. The fraction of sp³-hybridized carbons (Fsp3) is 0.316. The molecule has 2 aromatic carbocycles. The van der Waals surface area contributed by atoms with Crippen LogP contribution in [0.5, 0.6) is 5.75 Å². The van der Waals surface area contributed by atoms with E-state index in [4.69, 9.17) is 15.2 Å². The Morgan fingerprint density at radius 3 is 2.83 bits per heavy atom. The number of nitrogens with zero attached hydrogens (tertiary/aromatic N) is 1. The van der Waals surface area contributed by atoms with E-state index in [1.165, 1.54) is 0 Å². The van der Waals surface area contributed by atoms with Crippen LogP contribution in [0.15, 0.2) is 54.6 Å². The van der Waals surface area contributed by atoms with Crippen molar-refractivity contribution in [2.45, 2.75) is 12.7 Å². The number of rotatable bonds is 5. The minimum absolute atomic E-state index is 0.0121. The second kappa shape index (κ2) is 7.95. The number of benzene rings is 2. The third kappa shape index (κ3) is 4.13. The van der Waals surface area contributed by atoms with E-state index in [1.54, 1.807) is 11.0 Å². The summed E-state index contributed by atoms with van der Waals surface area (Å²) in [7, 11) is 0. The molecule has 1 aliphatic rings. The standard InChI is InChI=1S/C19H22N2O3/c20-12-18-13-21(9-10-23-18)19(22)16-7-4-8-17(11-16)24-14-15-5-2-1-3-6-15/h1-8,11,18H,9-10,12-14,20H2. The molecule has 0 radical (unpaired) electrons. The predicted molar refractivity (Wildman–Crippen MR) is 91.9 cm³/mol. The van der Waals surface area contributed by atoms with Gasteiger partial charge in [-0.3, -0.25) is 4.79 Å². The molecule has 3 rings (SSSR count). The molecule has 1 unspecified atom stereocenters. The van der Waals surface area contributed by atoms with Crippen LogP contribution in [0, 0.1) is 0 Å². The average Bonchev–Trinajstić information content (AvgIpc) is 2.67. The van der Waals surface area contributed by atoms with E-state index in [0.29, 0.717) is 44.2 Å². The fourth-order valence-corrected chi connectivity index (χ4v) is 2.69. The van der Waals surface area contributed by atoms with Crippen LogP contribution in [0.4, 0.5) is 0 Å². The van der Waals surface area contributed by atoms with Crippen molar-refractivity contribution in [3.05, 3.63) is 65.7 Å². The van der Waals surface area contributed by atoms with Gasteiger partial charge in [0.1, 0.15) is 12.4 Å². The molecule has 1 amide bonds. The van der Waals surface area contributed by atoms with Crippen LogP contribution < -0.4 is 10.5 Å². The molecule has 5 nitrogen and oxygen atoms in total. The van der Waals surface area contributed by atoms with Gasteiger partial charge < -0.3 is 20.1 Å². The molecule has 5 heteroatoms. The second-order valence-corrected chi connectivity index (χ2v) is 5.78. The van der Waals surface area contributed by atoms with Crippen molar-refractivity contribution in [3.63, 3.8) is 0 Å². The first kappa shape index (κ1) is 16.5. The van der Waals surface area contributed by atoms with E-state index in [-0.39, 0.29) is 12.0 Å². The summed E-state index contributed by atoms with van der Waals surface area (Å²) in [6, 6.07) is 17.2. The van der Waals surface area contributed by atoms with Crippen molar-refractivity contribution >= 4 is 5.91 Å². The lowest BCUT2D eigenvalue weighted by molar-refractivity contribution is -0.0167. The summed E-state index contributed by atoms with van der Waals surface area (Å²) < 4.78 is 11.3. The molecule has 1 atom stereocenters. The first-order valence-corrected chi connectivity index (χ1v) is 8.14. The molecular weight excluding hydrogens is 304 g/mol. The molecule has 1 aliphatic heterocycles. The number of ether oxygens (including phenoxy) is 2. The van der Waals surface area contributed by atoms with Gasteiger partial charge in [-0.15, -0.1) is 0 Å². The molecule has 1 heterocycles. The number of nitrogens with two attached hydrogens (primary N) is 1. The van der Waals surface area contributed by atoms with Gasteiger partial charge >= 0.3 is 0 Å². The maximum Gasteiger partial charge on any atom is 0.254 e. The average molecular weight is 326 g/mol. The van der Waals surface area contributed by atoms with Crippen molar-refractivity contribution < 1.29 is 14.3 Å². The fourth-order valence-electron chi connectivity index (χ4n) is 2.69. The number of carbonyl (C=O) groups is 1. The summed E-state index contributed by atoms with van der Waals surface area (Å²) in [6.07, 6.45) is -0.0831. The lowest BCUT2D eigenvalue weighted by atomic mass is 10.1. The summed E-state index contributed by atoms with van der Waals surface area (Å²) in [5.41, 5.74) is 7.35. The van der Waals surface area contributed by atoms with Gasteiger partial charge in [0.15, 0.2) is 0 Å². The van der Waals surface area contributed by atoms with Gasteiger partial charge in [0.2, 0.25) is 0 Å². The topological polar surface area (TPSA) is 64.8 Å². The first-order chi connectivity index (χ1) is 11.8. The maximum atomic E-state index is 12.7. The Morgan fingerprint density at radius 2 is 2.04 bits per heavy atom. The maximum absolute atomic E-state index is 12.7. The highest BCUT2D eigenvalue weighted by atomic mass is 16.5. The Bertz CT molecular complexity index is 675. The molecule has 0 spiro atoms. The molecule has 1 saturated heterocycles. The monoisotopic (exact) mass is 326 g/mol. The summed E-state index contributed by atoms with van der Waals surface area (Å²) in [4.78, 5) is 14.5. The highest BCUT2D eigenvalue weighted by Gasteiger charge is 2.24. The van der Waals surface area contributed by atoms with Crippen LogP contribution >= 0.6 is 0 Å². The summed E-state index contributed by atoms with van der Waals surface area (Å²) in [6.45, 7) is 2.54.